The van der Waals surface area contributed by atoms with E-state index in [1.165, 1.54) is 29.8 Å². The van der Waals surface area contributed by atoms with E-state index in [0.29, 0.717) is 17.0 Å². The summed E-state index contributed by atoms with van der Waals surface area (Å²) in [5.41, 5.74) is 3.24. The number of phenolic OH excluding ortho intramolecular Hbond substituents is 4. The van der Waals surface area contributed by atoms with Crippen molar-refractivity contribution in [3.8, 4) is 23.0 Å². The fourth-order valence-electron chi connectivity index (χ4n) is 3.33. The summed E-state index contributed by atoms with van der Waals surface area (Å²) in [6.07, 6.45) is 1.04. The molecule has 0 fully saturated rings. The van der Waals surface area contributed by atoms with E-state index < -0.39 is 5.92 Å². The summed E-state index contributed by atoms with van der Waals surface area (Å²) in [5.74, 6) is -0.176. The maximum atomic E-state index is 10.4. The molecule has 0 spiro atoms. The Balaban J connectivity index is 2.15. The lowest BCUT2D eigenvalue weighted by atomic mass is 9.83. The van der Waals surface area contributed by atoms with E-state index in [-0.39, 0.29) is 23.0 Å². The third-order valence-electron chi connectivity index (χ3n) is 5.10. The second-order valence-corrected chi connectivity index (χ2v) is 6.90. The highest BCUT2D eigenvalue weighted by atomic mass is 16.3. The minimum atomic E-state index is -0.447. The molecule has 0 aliphatic heterocycles. The first-order chi connectivity index (χ1) is 12.9. The molecule has 0 amide bonds. The van der Waals surface area contributed by atoms with Gasteiger partial charge in [0, 0.05) is 29.2 Å². The molecule has 3 aromatic rings. The van der Waals surface area contributed by atoms with Crippen molar-refractivity contribution in [1.29, 1.82) is 0 Å². The molecule has 0 aliphatic carbocycles. The summed E-state index contributed by atoms with van der Waals surface area (Å²) >= 11 is 0. The molecule has 0 radical (unpaired) electrons. The molecule has 0 aromatic heterocycles. The predicted molar refractivity (Wildman–Crippen MR) is 106 cm³/mol. The molecule has 0 heterocycles. The predicted octanol–water partition coefficient (Wildman–Crippen LogP) is 5.20. The van der Waals surface area contributed by atoms with Crippen molar-refractivity contribution in [2.45, 2.75) is 32.1 Å². The van der Waals surface area contributed by atoms with Gasteiger partial charge in [-0.1, -0.05) is 50.2 Å². The van der Waals surface area contributed by atoms with Crippen LogP contribution in [0.5, 0.6) is 23.0 Å². The highest BCUT2D eigenvalue weighted by molar-refractivity contribution is 5.55. The molecule has 0 aliphatic rings. The normalized spacial score (nSPS) is 12.3. The van der Waals surface area contributed by atoms with Crippen molar-refractivity contribution in [2.24, 2.45) is 0 Å². The molecule has 0 saturated heterocycles. The van der Waals surface area contributed by atoms with E-state index in [4.69, 9.17) is 0 Å². The van der Waals surface area contributed by atoms with Gasteiger partial charge in [-0.15, -0.1) is 0 Å². The summed E-state index contributed by atoms with van der Waals surface area (Å²) in [4.78, 5) is 0. The topological polar surface area (TPSA) is 80.9 Å². The van der Waals surface area contributed by atoms with Crippen molar-refractivity contribution in [1.82, 2.24) is 0 Å². The van der Waals surface area contributed by atoms with Gasteiger partial charge in [-0.3, -0.25) is 0 Å². The minimum Gasteiger partial charge on any atom is -0.508 e. The summed E-state index contributed by atoms with van der Waals surface area (Å²) in [5, 5.41) is 40.1. The zero-order valence-corrected chi connectivity index (χ0v) is 15.4. The number of benzene rings is 3. The first-order valence-corrected chi connectivity index (χ1v) is 9.04. The summed E-state index contributed by atoms with van der Waals surface area (Å²) in [7, 11) is 0. The summed E-state index contributed by atoms with van der Waals surface area (Å²) < 4.78 is 0. The molecule has 1 atom stereocenters. The number of phenols is 4. The van der Waals surface area contributed by atoms with Crippen LogP contribution in [-0.2, 0) is 0 Å². The Hall–Kier alpha value is -3.14. The van der Waals surface area contributed by atoms with E-state index in [2.05, 4.69) is 26.0 Å². The second-order valence-electron chi connectivity index (χ2n) is 6.90. The van der Waals surface area contributed by atoms with Gasteiger partial charge in [0.25, 0.3) is 0 Å². The molecule has 3 aromatic carbocycles. The molecule has 0 bridgehead atoms. The van der Waals surface area contributed by atoms with Crippen LogP contribution in [0.1, 0.15) is 54.4 Å². The second kappa shape index (κ2) is 7.62. The molecule has 3 rings (SSSR count). The summed E-state index contributed by atoms with van der Waals surface area (Å²) in [6.45, 7) is 4.31. The maximum absolute atomic E-state index is 10.4. The van der Waals surface area contributed by atoms with E-state index in [1.807, 2.05) is 12.1 Å². The van der Waals surface area contributed by atoms with Gasteiger partial charge < -0.3 is 20.4 Å². The van der Waals surface area contributed by atoms with Crippen molar-refractivity contribution >= 4 is 0 Å². The fourth-order valence-corrected chi connectivity index (χ4v) is 3.33. The van der Waals surface area contributed by atoms with Crippen LogP contribution in [-0.4, -0.2) is 20.4 Å². The molecule has 1 unspecified atom stereocenters. The van der Waals surface area contributed by atoms with E-state index in [9.17, 15) is 20.4 Å². The largest absolute Gasteiger partial charge is 0.508 e. The first kappa shape index (κ1) is 18.6. The van der Waals surface area contributed by atoms with Crippen molar-refractivity contribution < 1.29 is 20.4 Å². The van der Waals surface area contributed by atoms with Gasteiger partial charge in [-0.25, -0.2) is 0 Å². The number of rotatable bonds is 5. The third-order valence-corrected chi connectivity index (χ3v) is 5.10. The first-order valence-electron chi connectivity index (χ1n) is 9.04. The molecule has 4 nitrogen and oxygen atoms in total. The van der Waals surface area contributed by atoms with Crippen LogP contribution >= 0.6 is 0 Å². The van der Waals surface area contributed by atoms with Crippen LogP contribution in [0.4, 0.5) is 0 Å². The highest BCUT2D eigenvalue weighted by Crippen LogP contribution is 2.42. The quantitative estimate of drug-likeness (QED) is 0.469. The third kappa shape index (κ3) is 3.85. The molecular weight excluding hydrogens is 340 g/mol. The van der Waals surface area contributed by atoms with Gasteiger partial charge in [-0.2, -0.15) is 0 Å². The molecule has 27 heavy (non-hydrogen) atoms. The molecule has 4 heteroatoms. The van der Waals surface area contributed by atoms with Crippen LogP contribution < -0.4 is 0 Å². The lowest BCUT2D eigenvalue weighted by molar-refractivity contribution is 0.440. The fraction of sp³-hybridized carbons (Fsp3) is 0.217. The molecule has 0 saturated carbocycles. The van der Waals surface area contributed by atoms with Crippen LogP contribution in [0.2, 0.25) is 0 Å². The Bertz CT molecular complexity index is 880. The van der Waals surface area contributed by atoms with Gasteiger partial charge >= 0.3 is 0 Å². The Morgan fingerprint density at radius 3 is 1.52 bits per heavy atom. The van der Waals surface area contributed by atoms with Crippen LogP contribution in [0.25, 0.3) is 0 Å². The van der Waals surface area contributed by atoms with Crippen molar-refractivity contribution in [2.75, 3.05) is 0 Å². The smallest absolute Gasteiger partial charge is 0.123 e. The van der Waals surface area contributed by atoms with E-state index in [1.54, 1.807) is 12.1 Å². The van der Waals surface area contributed by atoms with Gasteiger partial charge in [-0.05, 0) is 35.6 Å². The van der Waals surface area contributed by atoms with Gasteiger partial charge in [0.2, 0.25) is 0 Å². The number of aromatic hydroxyl groups is 4. The minimum absolute atomic E-state index is 0.0305. The Kier molecular flexibility index (Phi) is 5.26. The van der Waals surface area contributed by atoms with Crippen molar-refractivity contribution in [3.05, 3.63) is 82.9 Å². The lowest BCUT2D eigenvalue weighted by Gasteiger charge is -2.22. The van der Waals surface area contributed by atoms with E-state index in [0.717, 1.165) is 12.0 Å². The monoisotopic (exact) mass is 364 g/mol. The SMILES string of the molecule is CCC(C)c1ccc(C(c2ccc(O)cc2O)c2ccc(O)cc2O)cc1. The molecular formula is C23H24O4. The number of hydrogen-bond acceptors (Lipinski definition) is 4. The Morgan fingerprint density at radius 2 is 1.11 bits per heavy atom. The lowest BCUT2D eigenvalue weighted by Crippen LogP contribution is -2.05. The van der Waals surface area contributed by atoms with Crippen molar-refractivity contribution in [3.63, 3.8) is 0 Å². The maximum Gasteiger partial charge on any atom is 0.123 e. The summed E-state index contributed by atoms with van der Waals surface area (Å²) in [6, 6.07) is 17.0. The molecule has 4 N–H and O–H groups in total. The standard InChI is InChI=1S/C23H24O4/c1-3-14(2)15-4-6-16(7-5-15)23(19-10-8-17(24)12-21(19)26)20-11-9-18(25)13-22(20)27/h4-14,23-27H,3H2,1-2H3. The Morgan fingerprint density at radius 1 is 0.667 bits per heavy atom. The average molecular weight is 364 g/mol. The average Bonchev–Trinajstić information content (AvgIpc) is 2.65. The number of hydrogen-bond donors (Lipinski definition) is 4. The van der Waals surface area contributed by atoms with E-state index >= 15 is 0 Å². The highest BCUT2D eigenvalue weighted by Gasteiger charge is 2.23. The van der Waals surface area contributed by atoms with Crippen LogP contribution in [0.15, 0.2) is 60.7 Å². The van der Waals surface area contributed by atoms with Crippen LogP contribution in [0.3, 0.4) is 0 Å². The van der Waals surface area contributed by atoms with Gasteiger partial charge in [0.05, 0.1) is 0 Å². The van der Waals surface area contributed by atoms with Gasteiger partial charge in [0.15, 0.2) is 0 Å². The molecule has 140 valence electrons. The van der Waals surface area contributed by atoms with Crippen LogP contribution in [0, 0.1) is 0 Å². The van der Waals surface area contributed by atoms with Gasteiger partial charge in [0.1, 0.15) is 23.0 Å². The zero-order valence-electron chi connectivity index (χ0n) is 15.4. The Labute approximate surface area is 159 Å². The zero-order chi connectivity index (χ0) is 19.6.